The van der Waals surface area contributed by atoms with Crippen LogP contribution < -0.4 is 4.74 Å². The Bertz CT molecular complexity index is 1020. The Morgan fingerprint density at radius 2 is 1.96 bits per heavy atom. The molecule has 10 heteroatoms. The Morgan fingerprint density at radius 3 is 2.63 bits per heavy atom. The Morgan fingerprint density at radius 1 is 1.22 bits per heavy atom. The summed E-state index contributed by atoms with van der Waals surface area (Å²) in [5.74, 6) is -0.786. The van der Waals surface area contributed by atoms with Crippen molar-refractivity contribution in [1.82, 2.24) is 14.9 Å². The lowest BCUT2D eigenvalue weighted by Gasteiger charge is -2.08. The number of H-pyrrole nitrogens is 1. The summed E-state index contributed by atoms with van der Waals surface area (Å²) in [7, 11) is 0. The van der Waals surface area contributed by atoms with Crippen molar-refractivity contribution in [3.8, 4) is 5.75 Å². The molecule has 0 aliphatic heterocycles. The van der Waals surface area contributed by atoms with E-state index in [0.717, 1.165) is 5.56 Å². The minimum atomic E-state index is -4.68. The van der Waals surface area contributed by atoms with Crippen molar-refractivity contribution in [1.29, 1.82) is 0 Å². The molecule has 5 nitrogen and oxygen atoms in total. The van der Waals surface area contributed by atoms with Crippen molar-refractivity contribution >= 4 is 30.0 Å². The summed E-state index contributed by atoms with van der Waals surface area (Å²) >= 11 is 10.9. The van der Waals surface area contributed by atoms with E-state index >= 15 is 0 Å². The number of rotatable bonds is 5. The highest BCUT2D eigenvalue weighted by atomic mass is 35.5. The van der Waals surface area contributed by atoms with E-state index in [9.17, 15) is 13.2 Å². The van der Waals surface area contributed by atoms with Crippen molar-refractivity contribution < 1.29 is 17.9 Å². The van der Waals surface area contributed by atoms with Gasteiger partial charge in [-0.25, -0.2) is 5.10 Å². The van der Waals surface area contributed by atoms with Gasteiger partial charge in [0.15, 0.2) is 0 Å². The standard InChI is InChI=1S/C17H12ClF3N4OS/c18-13-8-12(6-7-14(13)26-10-11-4-2-1-3-5-11)9-22-25-15(17(19,20)21)23-24-16(25)27/h1-9H,10H2,(H,24,27)/b22-9-. The third kappa shape index (κ3) is 4.75. The Balaban J connectivity index is 1.76. The highest BCUT2D eigenvalue weighted by molar-refractivity contribution is 7.71. The van der Waals surface area contributed by atoms with E-state index in [4.69, 9.17) is 28.6 Å². The number of alkyl halides is 3. The van der Waals surface area contributed by atoms with Gasteiger partial charge in [0.25, 0.3) is 5.82 Å². The maximum Gasteiger partial charge on any atom is 0.453 e. The van der Waals surface area contributed by atoms with Gasteiger partial charge in [-0.15, -0.1) is 5.10 Å². The zero-order chi connectivity index (χ0) is 19.4. The summed E-state index contributed by atoms with van der Waals surface area (Å²) in [5.41, 5.74) is 1.46. The molecule has 2 aromatic carbocycles. The maximum absolute atomic E-state index is 12.9. The van der Waals surface area contributed by atoms with Crippen LogP contribution in [0.3, 0.4) is 0 Å². The zero-order valence-corrected chi connectivity index (χ0v) is 15.1. The average molecular weight is 413 g/mol. The molecule has 0 spiro atoms. The molecule has 1 heterocycles. The number of ether oxygens (including phenoxy) is 1. The minimum Gasteiger partial charge on any atom is -0.487 e. The van der Waals surface area contributed by atoms with Gasteiger partial charge in [0.1, 0.15) is 12.4 Å². The highest BCUT2D eigenvalue weighted by Gasteiger charge is 2.37. The third-order valence-electron chi connectivity index (χ3n) is 3.42. The van der Waals surface area contributed by atoms with Crippen LogP contribution >= 0.6 is 23.8 Å². The second kappa shape index (κ2) is 7.93. The van der Waals surface area contributed by atoms with E-state index in [1.165, 1.54) is 12.3 Å². The Kier molecular flexibility index (Phi) is 5.62. The Hall–Kier alpha value is -2.65. The predicted molar refractivity (Wildman–Crippen MR) is 97.6 cm³/mol. The molecule has 27 heavy (non-hydrogen) atoms. The largest absolute Gasteiger partial charge is 0.487 e. The smallest absolute Gasteiger partial charge is 0.453 e. The molecule has 1 aromatic heterocycles. The highest BCUT2D eigenvalue weighted by Crippen LogP contribution is 2.28. The fraction of sp³-hybridized carbons (Fsp3) is 0.118. The first kappa shape index (κ1) is 19.1. The minimum absolute atomic E-state index is 0.271. The lowest BCUT2D eigenvalue weighted by atomic mass is 10.2. The molecule has 0 unspecified atom stereocenters. The van der Waals surface area contributed by atoms with Crippen molar-refractivity contribution in [2.45, 2.75) is 12.8 Å². The van der Waals surface area contributed by atoms with Crippen molar-refractivity contribution in [3.05, 3.63) is 75.3 Å². The van der Waals surface area contributed by atoms with Gasteiger partial charge < -0.3 is 4.74 Å². The van der Waals surface area contributed by atoms with Crippen LogP contribution in [0.2, 0.25) is 5.02 Å². The van der Waals surface area contributed by atoms with Crippen LogP contribution in [0.15, 0.2) is 53.6 Å². The van der Waals surface area contributed by atoms with Crippen LogP contribution in [0.4, 0.5) is 13.2 Å². The van der Waals surface area contributed by atoms with Gasteiger partial charge in [-0.1, -0.05) is 41.9 Å². The van der Waals surface area contributed by atoms with Gasteiger partial charge in [-0.2, -0.15) is 22.9 Å². The molecule has 0 atom stereocenters. The predicted octanol–water partition coefficient (Wildman–Crippen LogP) is 5.07. The number of nitrogens with one attached hydrogen (secondary N) is 1. The van der Waals surface area contributed by atoms with Crippen LogP contribution in [0.1, 0.15) is 17.0 Å². The average Bonchev–Trinajstić information content (AvgIpc) is 3.01. The van der Waals surface area contributed by atoms with Crippen molar-refractivity contribution in [2.24, 2.45) is 5.10 Å². The summed E-state index contributed by atoms with van der Waals surface area (Å²) in [6.07, 6.45) is -3.48. The first-order valence-electron chi connectivity index (χ1n) is 7.60. The van der Waals surface area contributed by atoms with E-state index in [2.05, 4.69) is 15.3 Å². The van der Waals surface area contributed by atoms with Crippen LogP contribution in [0.5, 0.6) is 5.75 Å². The number of nitrogens with zero attached hydrogens (tertiary/aromatic N) is 3. The van der Waals surface area contributed by atoms with Gasteiger partial charge in [0.05, 0.1) is 11.2 Å². The third-order valence-corrected chi connectivity index (χ3v) is 3.98. The van der Waals surface area contributed by atoms with Crippen molar-refractivity contribution in [3.63, 3.8) is 0 Å². The van der Waals surface area contributed by atoms with E-state index < -0.39 is 12.0 Å². The molecule has 0 aliphatic carbocycles. The molecule has 0 amide bonds. The molecule has 3 aromatic rings. The van der Waals surface area contributed by atoms with Gasteiger partial charge in [0.2, 0.25) is 4.77 Å². The molecule has 140 valence electrons. The number of hydrogen-bond acceptors (Lipinski definition) is 4. The van der Waals surface area contributed by atoms with Crippen molar-refractivity contribution in [2.75, 3.05) is 0 Å². The number of hydrogen-bond donors (Lipinski definition) is 1. The maximum atomic E-state index is 12.9. The normalized spacial score (nSPS) is 11.9. The van der Waals surface area contributed by atoms with Gasteiger partial charge in [0, 0.05) is 0 Å². The summed E-state index contributed by atoms with van der Waals surface area (Å²) in [5, 5.41) is 9.26. The lowest BCUT2D eigenvalue weighted by molar-refractivity contribution is -0.147. The number of aromatic amines is 1. The van der Waals surface area contributed by atoms with E-state index in [0.29, 0.717) is 27.6 Å². The summed E-state index contributed by atoms with van der Waals surface area (Å²) in [6.45, 7) is 0.340. The summed E-state index contributed by atoms with van der Waals surface area (Å²) in [4.78, 5) is 0. The lowest BCUT2D eigenvalue weighted by Crippen LogP contribution is -2.12. The molecule has 0 saturated carbocycles. The number of halogens is 4. The fourth-order valence-electron chi connectivity index (χ4n) is 2.16. The molecule has 0 aliphatic rings. The van der Waals surface area contributed by atoms with E-state index in [1.807, 2.05) is 30.3 Å². The van der Waals surface area contributed by atoms with Gasteiger partial charge >= 0.3 is 6.18 Å². The SMILES string of the molecule is FC(F)(F)c1n[nH]c(=S)n1/N=C\c1ccc(OCc2ccccc2)c(Cl)c1. The first-order valence-corrected chi connectivity index (χ1v) is 8.38. The van der Waals surface area contributed by atoms with E-state index in [1.54, 1.807) is 12.1 Å². The molecule has 3 rings (SSSR count). The zero-order valence-electron chi connectivity index (χ0n) is 13.6. The molecule has 0 radical (unpaired) electrons. The topological polar surface area (TPSA) is 55.2 Å². The number of benzene rings is 2. The first-order chi connectivity index (χ1) is 12.8. The van der Waals surface area contributed by atoms with Crippen LogP contribution in [-0.4, -0.2) is 21.1 Å². The summed E-state index contributed by atoms with van der Waals surface area (Å²) < 4.78 is 44.5. The van der Waals surface area contributed by atoms with Crippen LogP contribution in [0, 0.1) is 4.77 Å². The fourth-order valence-corrected chi connectivity index (χ4v) is 2.58. The number of aromatic nitrogens is 3. The molecular formula is C17H12ClF3N4OS. The molecule has 1 N–H and O–H groups in total. The van der Waals surface area contributed by atoms with Gasteiger partial charge in [-0.3, -0.25) is 0 Å². The molecule has 0 bridgehead atoms. The van der Waals surface area contributed by atoms with Gasteiger partial charge in [-0.05, 0) is 41.5 Å². The second-order valence-corrected chi connectivity index (χ2v) is 6.16. The van der Waals surface area contributed by atoms with E-state index in [-0.39, 0.29) is 4.77 Å². The second-order valence-electron chi connectivity index (χ2n) is 5.37. The van der Waals surface area contributed by atoms with Crippen LogP contribution in [0.25, 0.3) is 0 Å². The van der Waals surface area contributed by atoms with Crippen LogP contribution in [-0.2, 0) is 12.8 Å². The summed E-state index contributed by atoms with van der Waals surface area (Å²) in [6, 6.07) is 14.3. The molecule has 0 fully saturated rings. The quantitative estimate of drug-likeness (QED) is 0.470. The monoisotopic (exact) mass is 412 g/mol. The molecule has 0 saturated heterocycles. The molecular weight excluding hydrogens is 401 g/mol. The Labute approximate surface area is 162 Å².